The Labute approximate surface area is 226 Å². The van der Waals surface area contributed by atoms with Gasteiger partial charge in [-0.1, -0.05) is 37.4 Å². The standard InChI is InChI=1S/C31H29FO7/c1-3-29(33)37-21-7-5-4-6-20-36-26-14-12-25(13-15-26)31(35)39-28-18-10-24(11-19-28)23-8-16-27(17-9-23)38-30(34)22(2)32/h3,8-19H,1-2,4-7,20-21H2. The van der Waals surface area contributed by atoms with Gasteiger partial charge in [0.2, 0.25) is 5.83 Å². The third kappa shape index (κ3) is 9.59. The molecule has 3 aromatic carbocycles. The number of esters is 3. The summed E-state index contributed by atoms with van der Waals surface area (Å²) in [5.41, 5.74) is 2.07. The van der Waals surface area contributed by atoms with Crippen LogP contribution in [0.1, 0.15) is 36.0 Å². The Morgan fingerprint density at radius 1 is 0.692 bits per heavy atom. The molecule has 0 bridgehead atoms. The van der Waals surface area contributed by atoms with Crippen LogP contribution in [-0.2, 0) is 14.3 Å². The van der Waals surface area contributed by atoms with E-state index in [1.807, 2.05) is 0 Å². The Hall–Kier alpha value is -4.72. The van der Waals surface area contributed by atoms with E-state index in [9.17, 15) is 18.8 Å². The molecule has 0 heterocycles. The number of hydrogen-bond donors (Lipinski definition) is 0. The molecule has 7 nitrogen and oxygen atoms in total. The third-order valence-corrected chi connectivity index (χ3v) is 5.49. The van der Waals surface area contributed by atoms with Crippen molar-refractivity contribution in [3.05, 3.63) is 103 Å². The lowest BCUT2D eigenvalue weighted by Crippen LogP contribution is -2.08. The van der Waals surface area contributed by atoms with Gasteiger partial charge in [-0.05, 0) is 85.3 Å². The van der Waals surface area contributed by atoms with E-state index in [2.05, 4.69) is 13.2 Å². The van der Waals surface area contributed by atoms with Crippen molar-refractivity contribution in [1.29, 1.82) is 0 Å². The number of hydrogen-bond acceptors (Lipinski definition) is 7. The van der Waals surface area contributed by atoms with Gasteiger partial charge in [0.15, 0.2) is 0 Å². The van der Waals surface area contributed by atoms with Crippen molar-refractivity contribution in [2.45, 2.75) is 25.7 Å². The topological polar surface area (TPSA) is 88.1 Å². The molecule has 0 N–H and O–H groups in total. The monoisotopic (exact) mass is 532 g/mol. The third-order valence-electron chi connectivity index (χ3n) is 5.49. The van der Waals surface area contributed by atoms with E-state index in [0.29, 0.717) is 30.3 Å². The van der Waals surface area contributed by atoms with E-state index in [1.165, 1.54) is 0 Å². The molecule has 0 atom stereocenters. The fourth-order valence-electron chi connectivity index (χ4n) is 3.43. The number of unbranched alkanes of at least 4 members (excludes halogenated alkanes) is 3. The van der Waals surface area contributed by atoms with Crippen molar-refractivity contribution in [2.24, 2.45) is 0 Å². The summed E-state index contributed by atoms with van der Waals surface area (Å²) < 4.78 is 33.7. The Balaban J connectivity index is 1.41. The molecule has 0 aliphatic rings. The molecule has 8 heteroatoms. The number of benzene rings is 3. The first-order chi connectivity index (χ1) is 18.9. The molecule has 39 heavy (non-hydrogen) atoms. The van der Waals surface area contributed by atoms with Crippen molar-refractivity contribution in [3.63, 3.8) is 0 Å². The molecule has 0 saturated carbocycles. The minimum atomic E-state index is -1.17. The SMILES string of the molecule is C=CC(=O)OCCCCCCOc1ccc(C(=O)Oc2ccc(-c3ccc(OC(=O)C(=C)F)cc3)cc2)cc1. The van der Waals surface area contributed by atoms with Crippen molar-refractivity contribution in [3.8, 4) is 28.4 Å². The quantitative estimate of drug-likeness (QED) is 0.0996. The van der Waals surface area contributed by atoms with E-state index < -0.39 is 23.7 Å². The van der Waals surface area contributed by atoms with Gasteiger partial charge >= 0.3 is 17.9 Å². The summed E-state index contributed by atoms with van der Waals surface area (Å²) in [6.45, 7) is 7.19. The van der Waals surface area contributed by atoms with Gasteiger partial charge in [0.05, 0.1) is 18.8 Å². The van der Waals surface area contributed by atoms with Gasteiger partial charge in [-0.15, -0.1) is 0 Å². The van der Waals surface area contributed by atoms with Crippen LogP contribution in [0.3, 0.4) is 0 Å². The maximum atomic E-state index is 12.8. The van der Waals surface area contributed by atoms with Crippen LogP contribution in [0.25, 0.3) is 11.1 Å². The molecule has 0 aliphatic heterocycles. The summed E-state index contributed by atoms with van der Waals surface area (Å²) in [4.78, 5) is 34.8. The zero-order valence-electron chi connectivity index (χ0n) is 21.4. The maximum Gasteiger partial charge on any atom is 0.371 e. The smallest absolute Gasteiger partial charge is 0.371 e. The molecule has 0 aromatic heterocycles. The second kappa shape index (κ2) is 14.9. The van der Waals surface area contributed by atoms with Crippen molar-refractivity contribution >= 4 is 17.9 Å². The number of rotatable bonds is 14. The first-order valence-corrected chi connectivity index (χ1v) is 12.4. The Kier molecular flexibility index (Phi) is 11.0. The number of carbonyl (C=O) groups excluding carboxylic acids is 3. The fraction of sp³-hybridized carbons (Fsp3) is 0.194. The molecule has 0 radical (unpaired) electrons. The predicted octanol–water partition coefficient (Wildman–Crippen LogP) is 6.63. The van der Waals surface area contributed by atoms with Crippen LogP contribution in [0.4, 0.5) is 4.39 Å². The maximum absolute atomic E-state index is 12.8. The lowest BCUT2D eigenvalue weighted by molar-refractivity contribution is -0.137. The molecule has 3 aromatic rings. The normalized spacial score (nSPS) is 10.3. The largest absolute Gasteiger partial charge is 0.494 e. The van der Waals surface area contributed by atoms with Crippen LogP contribution < -0.4 is 14.2 Å². The molecule has 0 unspecified atom stereocenters. The molecule has 202 valence electrons. The van der Waals surface area contributed by atoms with Crippen LogP contribution >= 0.6 is 0 Å². The van der Waals surface area contributed by atoms with Crippen molar-refractivity contribution in [2.75, 3.05) is 13.2 Å². The van der Waals surface area contributed by atoms with Gasteiger partial charge < -0.3 is 18.9 Å². The Bertz CT molecular complexity index is 1280. The lowest BCUT2D eigenvalue weighted by Gasteiger charge is -2.09. The van der Waals surface area contributed by atoms with E-state index in [1.54, 1.807) is 72.8 Å². The van der Waals surface area contributed by atoms with Crippen LogP contribution in [0, 0.1) is 0 Å². The van der Waals surface area contributed by atoms with Gasteiger partial charge in [-0.2, -0.15) is 4.39 Å². The van der Waals surface area contributed by atoms with Crippen LogP contribution in [0.5, 0.6) is 17.2 Å². The first-order valence-electron chi connectivity index (χ1n) is 12.4. The summed E-state index contributed by atoms with van der Waals surface area (Å²) >= 11 is 0. The molecule has 0 saturated heterocycles. The van der Waals surface area contributed by atoms with Crippen LogP contribution in [0.2, 0.25) is 0 Å². The minimum Gasteiger partial charge on any atom is -0.494 e. The zero-order chi connectivity index (χ0) is 28.0. The van der Waals surface area contributed by atoms with Gasteiger partial charge in [0.25, 0.3) is 0 Å². The average Bonchev–Trinajstić information content (AvgIpc) is 2.95. The molecular formula is C31H29FO7. The summed E-state index contributed by atoms with van der Waals surface area (Å²) in [6.07, 6.45) is 4.69. The molecule has 0 spiro atoms. The highest BCUT2D eigenvalue weighted by atomic mass is 19.1. The van der Waals surface area contributed by atoms with Crippen molar-refractivity contribution < 1.29 is 37.7 Å². The minimum absolute atomic E-state index is 0.199. The van der Waals surface area contributed by atoms with Gasteiger partial charge in [0, 0.05) is 6.08 Å². The fourth-order valence-corrected chi connectivity index (χ4v) is 3.43. The van der Waals surface area contributed by atoms with E-state index >= 15 is 0 Å². The van der Waals surface area contributed by atoms with E-state index in [-0.39, 0.29) is 5.75 Å². The number of carbonyl (C=O) groups is 3. The highest BCUT2D eigenvalue weighted by molar-refractivity contribution is 5.91. The number of halogens is 1. The Morgan fingerprint density at radius 3 is 1.74 bits per heavy atom. The molecule has 0 fully saturated rings. The Morgan fingerprint density at radius 2 is 1.21 bits per heavy atom. The molecule has 0 amide bonds. The second-order valence-corrected chi connectivity index (χ2v) is 8.39. The average molecular weight is 533 g/mol. The second-order valence-electron chi connectivity index (χ2n) is 8.39. The van der Waals surface area contributed by atoms with E-state index in [0.717, 1.165) is 42.9 Å². The molecular weight excluding hydrogens is 503 g/mol. The summed E-state index contributed by atoms with van der Waals surface area (Å²) in [5.74, 6) is -1.96. The predicted molar refractivity (Wildman–Crippen MR) is 144 cm³/mol. The van der Waals surface area contributed by atoms with E-state index in [4.69, 9.17) is 18.9 Å². The molecule has 3 rings (SSSR count). The van der Waals surface area contributed by atoms with Gasteiger partial charge in [0.1, 0.15) is 17.2 Å². The van der Waals surface area contributed by atoms with Gasteiger partial charge in [-0.25, -0.2) is 14.4 Å². The highest BCUT2D eigenvalue weighted by Gasteiger charge is 2.11. The van der Waals surface area contributed by atoms with Crippen LogP contribution in [0.15, 0.2) is 97.9 Å². The summed E-state index contributed by atoms with van der Waals surface area (Å²) in [6, 6.07) is 20.2. The zero-order valence-corrected chi connectivity index (χ0v) is 21.4. The van der Waals surface area contributed by atoms with Crippen molar-refractivity contribution in [1.82, 2.24) is 0 Å². The van der Waals surface area contributed by atoms with Crippen LogP contribution in [-0.4, -0.2) is 31.1 Å². The molecule has 0 aliphatic carbocycles. The summed E-state index contributed by atoms with van der Waals surface area (Å²) in [7, 11) is 0. The summed E-state index contributed by atoms with van der Waals surface area (Å²) in [5, 5.41) is 0. The lowest BCUT2D eigenvalue weighted by atomic mass is 10.1. The van der Waals surface area contributed by atoms with Gasteiger partial charge in [-0.3, -0.25) is 0 Å². The highest BCUT2D eigenvalue weighted by Crippen LogP contribution is 2.25. The first kappa shape index (κ1) is 28.8. The number of ether oxygens (including phenoxy) is 4.